The second kappa shape index (κ2) is 7.39. The molecule has 0 aliphatic heterocycles. The predicted molar refractivity (Wildman–Crippen MR) is 49.4 cm³/mol. The molecule has 4 nitrogen and oxygen atoms in total. The third kappa shape index (κ3) is 6.45. The fraction of sp³-hybridized carbons (Fsp3) is 0.857. The highest BCUT2D eigenvalue weighted by molar-refractivity contribution is 7.99. The van der Waals surface area contributed by atoms with Gasteiger partial charge in [-0.05, 0) is 6.92 Å². The molecule has 0 aliphatic rings. The zero-order valence-electron chi connectivity index (χ0n) is 7.16. The number of thioether (sulfide) groups is 1. The summed E-state index contributed by atoms with van der Waals surface area (Å²) >= 11 is 1.50. The molecule has 0 aromatic rings. The van der Waals surface area contributed by atoms with Crippen LogP contribution in [0.15, 0.2) is 0 Å². The molecule has 0 fully saturated rings. The molecule has 0 unspecified atom stereocenters. The Morgan fingerprint density at radius 3 is 2.92 bits per heavy atom. The van der Waals surface area contributed by atoms with Gasteiger partial charge in [0.2, 0.25) is 0 Å². The summed E-state index contributed by atoms with van der Waals surface area (Å²) in [5.41, 5.74) is 5.27. The van der Waals surface area contributed by atoms with Gasteiger partial charge in [0.25, 0.3) is 0 Å². The highest BCUT2D eigenvalue weighted by atomic mass is 32.2. The number of rotatable bonds is 7. The summed E-state index contributed by atoms with van der Waals surface area (Å²) in [5, 5.41) is 8.42. The van der Waals surface area contributed by atoms with Crippen molar-refractivity contribution in [2.75, 3.05) is 24.7 Å². The zero-order chi connectivity index (χ0) is 9.40. The molecule has 0 heterocycles. The molecule has 1 atom stereocenters. The van der Waals surface area contributed by atoms with Crippen LogP contribution in [0.5, 0.6) is 0 Å². The minimum atomic E-state index is -0.945. The first kappa shape index (κ1) is 11.7. The molecule has 72 valence electrons. The minimum absolute atomic E-state index is 0.447. The molecule has 0 spiro atoms. The van der Waals surface area contributed by atoms with E-state index in [2.05, 4.69) is 0 Å². The summed E-state index contributed by atoms with van der Waals surface area (Å²) in [6, 6.07) is -0.753. The standard InChI is InChI=1S/C7H15NO3S/c1-2-11-3-4-12-5-6(8)7(9)10/h6H,2-5,8H2,1H3,(H,9,10)/t6-/m1/s1. The molecule has 0 aliphatic carbocycles. The van der Waals surface area contributed by atoms with Crippen LogP contribution in [-0.2, 0) is 9.53 Å². The fourth-order valence-corrected chi connectivity index (χ4v) is 1.34. The summed E-state index contributed by atoms with van der Waals surface area (Å²) in [5.74, 6) is 0.302. The third-order valence-electron chi connectivity index (χ3n) is 1.19. The summed E-state index contributed by atoms with van der Waals surface area (Å²) in [6.45, 7) is 3.28. The van der Waals surface area contributed by atoms with Gasteiger partial charge in [0.15, 0.2) is 0 Å². The quantitative estimate of drug-likeness (QED) is 0.564. The number of aliphatic carboxylic acids is 1. The molecule has 3 N–H and O–H groups in total. The number of ether oxygens (including phenoxy) is 1. The van der Waals surface area contributed by atoms with Gasteiger partial charge in [0.05, 0.1) is 6.61 Å². The number of hydrogen-bond acceptors (Lipinski definition) is 4. The molecule has 0 aromatic carbocycles. The SMILES string of the molecule is CCOCCSC[C@@H](N)C(=O)O. The third-order valence-corrected chi connectivity index (χ3v) is 2.24. The highest BCUT2D eigenvalue weighted by Crippen LogP contribution is 2.01. The summed E-state index contributed by atoms with van der Waals surface area (Å²) in [6.07, 6.45) is 0. The van der Waals surface area contributed by atoms with E-state index in [1.165, 1.54) is 11.8 Å². The van der Waals surface area contributed by atoms with Crippen LogP contribution in [0.3, 0.4) is 0 Å². The molecule has 12 heavy (non-hydrogen) atoms. The van der Waals surface area contributed by atoms with Crippen molar-refractivity contribution in [1.82, 2.24) is 0 Å². The van der Waals surface area contributed by atoms with Crippen LogP contribution in [0, 0.1) is 0 Å². The topological polar surface area (TPSA) is 72.5 Å². The van der Waals surface area contributed by atoms with Crippen molar-refractivity contribution in [3.63, 3.8) is 0 Å². The average Bonchev–Trinajstić information content (AvgIpc) is 2.03. The van der Waals surface area contributed by atoms with Crippen molar-refractivity contribution >= 4 is 17.7 Å². The summed E-state index contributed by atoms with van der Waals surface area (Å²) in [4.78, 5) is 10.2. The van der Waals surface area contributed by atoms with Crippen LogP contribution in [0.25, 0.3) is 0 Å². The first-order valence-corrected chi connectivity index (χ1v) is 4.97. The Morgan fingerprint density at radius 2 is 2.42 bits per heavy atom. The summed E-state index contributed by atoms with van der Waals surface area (Å²) in [7, 11) is 0. The van der Waals surface area contributed by atoms with Crippen molar-refractivity contribution in [3.05, 3.63) is 0 Å². The molecular weight excluding hydrogens is 178 g/mol. The number of carboxylic acids is 1. The van der Waals surface area contributed by atoms with Crippen molar-refractivity contribution in [2.24, 2.45) is 5.73 Å². The summed E-state index contributed by atoms with van der Waals surface area (Å²) < 4.78 is 5.07. The van der Waals surface area contributed by atoms with E-state index in [0.717, 1.165) is 5.75 Å². The zero-order valence-corrected chi connectivity index (χ0v) is 7.97. The van der Waals surface area contributed by atoms with Crippen molar-refractivity contribution < 1.29 is 14.6 Å². The van der Waals surface area contributed by atoms with Gasteiger partial charge in [-0.15, -0.1) is 0 Å². The maximum absolute atomic E-state index is 10.2. The normalized spacial score (nSPS) is 12.8. The first-order valence-electron chi connectivity index (χ1n) is 3.82. The van der Waals surface area contributed by atoms with Gasteiger partial charge in [-0.25, -0.2) is 0 Å². The van der Waals surface area contributed by atoms with Gasteiger partial charge in [0, 0.05) is 18.1 Å². The molecule has 0 bridgehead atoms. The first-order chi connectivity index (χ1) is 5.68. The number of carbonyl (C=O) groups is 1. The predicted octanol–water partition coefficient (Wildman–Crippen LogP) is 0.168. The van der Waals surface area contributed by atoms with Crippen LogP contribution < -0.4 is 5.73 Å². The number of carboxylic acid groups (broad SMARTS) is 1. The maximum atomic E-state index is 10.2. The minimum Gasteiger partial charge on any atom is -0.480 e. The van der Waals surface area contributed by atoms with Crippen LogP contribution in [0.2, 0.25) is 0 Å². The monoisotopic (exact) mass is 193 g/mol. The van der Waals surface area contributed by atoms with Crippen LogP contribution >= 0.6 is 11.8 Å². The van der Waals surface area contributed by atoms with Crippen molar-refractivity contribution in [2.45, 2.75) is 13.0 Å². The fourth-order valence-electron chi connectivity index (χ4n) is 0.544. The molecule has 0 aromatic heterocycles. The molecule has 0 radical (unpaired) electrons. The molecule has 0 saturated heterocycles. The average molecular weight is 193 g/mol. The Bertz CT molecular complexity index is 132. The van der Waals surface area contributed by atoms with Crippen LogP contribution in [-0.4, -0.2) is 41.8 Å². The lowest BCUT2D eigenvalue weighted by molar-refractivity contribution is -0.137. The van der Waals surface area contributed by atoms with Gasteiger partial charge in [0.1, 0.15) is 6.04 Å². The van der Waals surface area contributed by atoms with E-state index in [-0.39, 0.29) is 0 Å². The van der Waals surface area contributed by atoms with E-state index in [1.54, 1.807) is 0 Å². The van der Waals surface area contributed by atoms with Gasteiger partial charge in [-0.1, -0.05) is 0 Å². The molecule has 0 saturated carbocycles. The smallest absolute Gasteiger partial charge is 0.321 e. The highest BCUT2D eigenvalue weighted by Gasteiger charge is 2.09. The lowest BCUT2D eigenvalue weighted by Crippen LogP contribution is -2.32. The van der Waals surface area contributed by atoms with Gasteiger partial charge in [-0.2, -0.15) is 11.8 Å². The molecule has 5 heteroatoms. The van der Waals surface area contributed by atoms with Gasteiger partial charge < -0.3 is 15.6 Å². The lowest BCUT2D eigenvalue weighted by atomic mass is 10.4. The second-order valence-corrected chi connectivity index (χ2v) is 3.37. The van der Waals surface area contributed by atoms with E-state index in [9.17, 15) is 4.79 Å². The Hall–Kier alpha value is -0.260. The Labute approximate surface area is 76.5 Å². The van der Waals surface area contributed by atoms with E-state index in [1.807, 2.05) is 6.92 Å². The molecule has 0 amide bonds. The van der Waals surface area contributed by atoms with Crippen LogP contribution in [0.4, 0.5) is 0 Å². The van der Waals surface area contributed by atoms with E-state index >= 15 is 0 Å². The van der Waals surface area contributed by atoms with E-state index in [4.69, 9.17) is 15.6 Å². The Balaban J connectivity index is 3.14. The Morgan fingerprint density at radius 1 is 1.75 bits per heavy atom. The van der Waals surface area contributed by atoms with Crippen molar-refractivity contribution in [3.8, 4) is 0 Å². The molecule has 0 rings (SSSR count). The second-order valence-electron chi connectivity index (χ2n) is 2.22. The lowest BCUT2D eigenvalue weighted by Gasteiger charge is -2.05. The van der Waals surface area contributed by atoms with Crippen LogP contribution in [0.1, 0.15) is 6.92 Å². The van der Waals surface area contributed by atoms with E-state index < -0.39 is 12.0 Å². The maximum Gasteiger partial charge on any atom is 0.321 e. The van der Waals surface area contributed by atoms with Gasteiger partial charge >= 0.3 is 5.97 Å². The number of hydrogen-bond donors (Lipinski definition) is 2. The van der Waals surface area contributed by atoms with E-state index in [0.29, 0.717) is 19.0 Å². The Kier molecular flexibility index (Phi) is 7.23. The molecular formula is C7H15NO3S. The van der Waals surface area contributed by atoms with Gasteiger partial charge in [-0.3, -0.25) is 4.79 Å². The van der Waals surface area contributed by atoms with Crippen molar-refractivity contribution in [1.29, 1.82) is 0 Å². The largest absolute Gasteiger partial charge is 0.480 e. The number of nitrogens with two attached hydrogens (primary N) is 1.